The second-order valence-electron chi connectivity index (χ2n) is 3.57. The fourth-order valence-corrected chi connectivity index (χ4v) is 1.54. The van der Waals surface area contributed by atoms with E-state index < -0.39 is 5.91 Å². The van der Waals surface area contributed by atoms with E-state index in [2.05, 4.69) is 10.3 Å². The summed E-state index contributed by atoms with van der Waals surface area (Å²) in [6.45, 7) is 2.08. The van der Waals surface area contributed by atoms with Crippen LogP contribution in [0.25, 0.3) is 0 Å². The molecule has 0 spiro atoms. The van der Waals surface area contributed by atoms with Crippen LogP contribution in [-0.2, 0) is 9.63 Å². The maximum absolute atomic E-state index is 11.7. The number of amides is 1. The molecule has 1 aliphatic rings. The van der Waals surface area contributed by atoms with Crippen LogP contribution in [0.3, 0.4) is 0 Å². The van der Waals surface area contributed by atoms with Crippen LogP contribution in [0.5, 0.6) is 0 Å². The molecule has 0 aromatic carbocycles. The van der Waals surface area contributed by atoms with Crippen molar-refractivity contribution in [3.8, 4) is 0 Å². The zero-order valence-electron chi connectivity index (χ0n) is 9.99. The molecule has 0 saturated heterocycles. The highest BCUT2D eigenvalue weighted by molar-refractivity contribution is 6.45. The Balaban J connectivity index is 2.87. The summed E-state index contributed by atoms with van der Waals surface area (Å²) in [5.41, 5.74) is 6.24. The van der Waals surface area contributed by atoms with Gasteiger partial charge in [-0.05, 0) is 13.0 Å². The Kier molecular flexibility index (Phi) is 5.40. The lowest BCUT2D eigenvalue weighted by atomic mass is 10.2. The fourth-order valence-electron chi connectivity index (χ4n) is 1.33. The molecule has 0 unspecified atom stereocenters. The molecule has 3 N–H and O–H groups in total. The van der Waals surface area contributed by atoms with Crippen molar-refractivity contribution in [2.45, 2.75) is 6.42 Å². The number of nitrogens with zero attached hydrogens (tertiary/aromatic N) is 2. The van der Waals surface area contributed by atoms with Gasteiger partial charge in [0.2, 0.25) is 0 Å². The minimum absolute atomic E-state index is 0.0570. The summed E-state index contributed by atoms with van der Waals surface area (Å²) < 4.78 is 0. The summed E-state index contributed by atoms with van der Waals surface area (Å²) in [5.74, 6) is -0.482. The highest BCUT2D eigenvalue weighted by atomic mass is 35.5. The highest BCUT2D eigenvalue weighted by Gasteiger charge is 2.19. The van der Waals surface area contributed by atoms with Crippen LogP contribution in [0.15, 0.2) is 15.7 Å². The van der Waals surface area contributed by atoms with Gasteiger partial charge in [-0.2, -0.15) is 0 Å². The van der Waals surface area contributed by atoms with Crippen molar-refractivity contribution < 1.29 is 9.63 Å². The maximum atomic E-state index is 11.7. The fraction of sp³-hybridized carbons (Fsp3) is 0.600. The molecule has 0 radical (unpaired) electrons. The molecule has 0 aromatic rings. The molecule has 0 bridgehead atoms. The number of hydrogen-bond acceptors (Lipinski definition) is 5. The number of carbonyl (C=O) groups is 1. The van der Waals surface area contributed by atoms with E-state index in [1.165, 1.54) is 14.2 Å². The first kappa shape index (κ1) is 14.0. The summed E-state index contributed by atoms with van der Waals surface area (Å²) in [5, 5.41) is 4.36. The first-order chi connectivity index (χ1) is 8.07. The van der Waals surface area contributed by atoms with Gasteiger partial charge in [-0.3, -0.25) is 14.6 Å². The molecule has 0 atom stereocenters. The molecule has 1 aliphatic heterocycles. The second kappa shape index (κ2) is 6.58. The number of nitrogens with two attached hydrogens (primary N) is 1. The number of carbonyl (C=O) groups excluding carboxylic acids is 1. The smallest absolute Gasteiger partial charge is 0.294 e. The molecular formula is C10H17ClN4O2. The lowest BCUT2D eigenvalue weighted by molar-refractivity contribution is -0.164. The number of hydrogen-bond donors (Lipinski definition) is 2. The van der Waals surface area contributed by atoms with Crippen molar-refractivity contribution in [1.82, 2.24) is 10.4 Å². The van der Waals surface area contributed by atoms with Crippen molar-refractivity contribution in [2.75, 3.05) is 33.8 Å². The van der Waals surface area contributed by atoms with Crippen molar-refractivity contribution in [3.05, 3.63) is 10.7 Å². The average molecular weight is 261 g/mol. The van der Waals surface area contributed by atoms with Gasteiger partial charge in [-0.25, -0.2) is 5.06 Å². The predicted octanol–water partition coefficient (Wildman–Crippen LogP) is -0.150. The van der Waals surface area contributed by atoms with E-state index >= 15 is 0 Å². The molecular weight excluding hydrogens is 244 g/mol. The molecule has 17 heavy (non-hydrogen) atoms. The van der Waals surface area contributed by atoms with Gasteiger partial charge in [-0.1, -0.05) is 11.6 Å². The van der Waals surface area contributed by atoms with Gasteiger partial charge >= 0.3 is 0 Å². The minimum atomic E-state index is -0.482. The van der Waals surface area contributed by atoms with E-state index in [-0.39, 0.29) is 10.7 Å². The van der Waals surface area contributed by atoms with E-state index in [4.69, 9.17) is 22.2 Å². The molecule has 1 amide bonds. The SMILES string of the molecule is CON(C)C(=O)/C(N)=C(\Cl)C1=NCCCNC1. The number of aliphatic imine (C=N–C) groups is 1. The van der Waals surface area contributed by atoms with E-state index in [9.17, 15) is 4.79 Å². The van der Waals surface area contributed by atoms with Gasteiger partial charge in [-0.15, -0.1) is 0 Å². The molecule has 1 rings (SSSR count). The third-order valence-electron chi connectivity index (χ3n) is 2.39. The van der Waals surface area contributed by atoms with Gasteiger partial charge in [0, 0.05) is 20.1 Å². The summed E-state index contributed by atoms with van der Waals surface area (Å²) in [6.07, 6.45) is 0.944. The van der Waals surface area contributed by atoms with Crippen molar-refractivity contribution in [3.63, 3.8) is 0 Å². The topological polar surface area (TPSA) is 80.0 Å². The summed E-state index contributed by atoms with van der Waals surface area (Å²) in [4.78, 5) is 20.7. The third kappa shape index (κ3) is 3.69. The van der Waals surface area contributed by atoms with Gasteiger partial charge in [0.1, 0.15) is 5.70 Å². The Morgan fingerprint density at radius 3 is 3.00 bits per heavy atom. The van der Waals surface area contributed by atoms with Gasteiger partial charge in [0.05, 0.1) is 17.9 Å². The molecule has 96 valence electrons. The van der Waals surface area contributed by atoms with Gasteiger partial charge < -0.3 is 11.1 Å². The average Bonchev–Trinajstić information content (AvgIpc) is 2.63. The molecule has 0 saturated carbocycles. The Morgan fingerprint density at radius 2 is 2.35 bits per heavy atom. The number of halogens is 1. The maximum Gasteiger partial charge on any atom is 0.294 e. The van der Waals surface area contributed by atoms with Crippen LogP contribution in [0.1, 0.15) is 6.42 Å². The lowest BCUT2D eigenvalue weighted by Gasteiger charge is -2.15. The van der Waals surface area contributed by atoms with Crippen LogP contribution in [-0.4, -0.2) is 50.5 Å². The zero-order valence-corrected chi connectivity index (χ0v) is 10.8. The van der Waals surface area contributed by atoms with Crippen molar-refractivity contribution in [1.29, 1.82) is 0 Å². The third-order valence-corrected chi connectivity index (χ3v) is 2.81. The summed E-state index contributed by atoms with van der Waals surface area (Å²) >= 11 is 6.06. The van der Waals surface area contributed by atoms with E-state index in [1.54, 1.807) is 0 Å². The second-order valence-corrected chi connectivity index (χ2v) is 3.95. The first-order valence-corrected chi connectivity index (χ1v) is 5.67. The van der Waals surface area contributed by atoms with Crippen molar-refractivity contribution in [2.24, 2.45) is 10.7 Å². The van der Waals surface area contributed by atoms with E-state index in [0.29, 0.717) is 18.8 Å². The van der Waals surface area contributed by atoms with Gasteiger partial charge in [0.15, 0.2) is 0 Å². The summed E-state index contributed by atoms with van der Waals surface area (Å²) in [6, 6.07) is 0. The summed E-state index contributed by atoms with van der Waals surface area (Å²) in [7, 11) is 2.84. The highest BCUT2D eigenvalue weighted by Crippen LogP contribution is 2.11. The number of hydroxylamine groups is 2. The monoisotopic (exact) mass is 260 g/mol. The number of nitrogens with one attached hydrogen (secondary N) is 1. The Morgan fingerprint density at radius 1 is 1.65 bits per heavy atom. The quantitative estimate of drug-likeness (QED) is 0.546. The Hall–Kier alpha value is -1.11. The lowest BCUT2D eigenvalue weighted by Crippen LogP contribution is -2.32. The number of rotatable bonds is 3. The molecule has 0 aliphatic carbocycles. The molecule has 7 heteroatoms. The molecule has 0 fully saturated rings. The van der Waals surface area contributed by atoms with Crippen LogP contribution >= 0.6 is 11.6 Å². The molecule has 6 nitrogen and oxygen atoms in total. The zero-order chi connectivity index (χ0) is 12.8. The molecule has 0 aromatic heterocycles. The normalized spacial score (nSPS) is 17.9. The predicted molar refractivity (Wildman–Crippen MR) is 66.6 cm³/mol. The van der Waals surface area contributed by atoms with E-state index in [1.807, 2.05) is 0 Å². The minimum Gasteiger partial charge on any atom is -0.393 e. The molecule has 1 heterocycles. The van der Waals surface area contributed by atoms with Crippen LogP contribution in [0, 0.1) is 0 Å². The van der Waals surface area contributed by atoms with E-state index in [0.717, 1.165) is 18.0 Å². The largest absolute Gasteiger partial charge is 0.393 e. The first-order valence-electron chi connectivity index (χ1n) is 5.29. The van der Waals surface area contributed by atoms with Crippen LogP contribution in [0.4, 0.5) is 0 Å². The van der Waals surface area contributed by atoms with Gasteiger partial charge in [0.25, 0.3) is 5.91 Å². The van der Waals surface area contributed by atoms with Crippen LogP contribution in [0.2, 0.25) is 0 Å². The van der Waals surface area contributed by atoms with Crippen LogP contribution < -0.4 is 11.1 Å². The number of likely N-dealkylation sites (N-methyl/N-ethyl adjacent to an activating group) is 1. The standard InChI is InChI=1S/C10H17ClN4O2/c1-15(17-2)10(16)9(12)8(11)7-6-13-4-3-5-14-7/h13H,3-6,12H2,1-2H3/b9-8+. The Bertz CT molecular complexity index is 354. The Labute approximate surface area is 105 Å². The van der Waals surface area contributed by atoms with Crippen molar-refractivity contribution >= 4 is 23.2 Å².